The van der Waals surface area contributed by atoms with Crippen molar-refractivity contribution in [3.63, 3.8) is 0 Å². The van der Waals surface area contributed by atoms with Gasteiger partial charge in [0.15, 0.2) is 5.69 Å². The van der Waals surface area contributed by atoms with Crippen LogP contribution in [0.2, 0.25) is 0 Å². The number of carbonyl (C=O) groups excluding carboxylic acids is 1. The molecule has 0 saturated carbocycles. The fourth-order valence-corrected chi connectivity index (χ4v) is 1.50. The van der Waals surface area contributed by atoms with Gasteiger partial charge in [-0.15, -0.1) is 5.10 Å². The Morgan fingerprint density at radius 2 is 2.20 bits per heavy atom. The Morgan fingerprint density at radius 3 is 2.80 bits per heavy atom. The van der Waals surface area contributed by atoms with Crippen LogP contribution in [0.15, 0.2) is 6.20 Å². The van der Waals surface area contributed by atoms with E-state index < -0.39 is 5.97 Å². The Bertz CT molecular complexity index is 458. The largest absolute Gasteiger partial charge is 0.480 e. The van der Waals surface area contributed by atoms with Crippen molar-refractivity contribution < 1.29 is 14.7 Å². The van der Waals surface area contributed by atoms with E-state index in [4.69, 9.17) is 5.11 Å². The first kappa shape index (κ1) is 16.1. The molecule has 112 valence electrons. The molecule has 1 aromatic rings. The molecule has 0 radical (unpaired) electrons. The second-order valence-corrected chi connectivity index (χ2v) is 4.88. The Balaban J connectivity index is 2.32. The van der Waals surface area contributed by atoms with Crippen molar-refractivity contribution in [1.29, 1.82) is 0 Å². The number of aliphatic carboxylic acids is 1. The summed E-state index contributed by atoms with van der Waals surface area (Å²) < 4.78 is 1.11. The fourth-order valence-electron chi connectivity index (χ4n) is 1.50. The number of carboxylic acids is 1. The summed E-state index contributed by atoms with van der Waals surface area (Å²) in [5.74, 6) is -1.37. The summed E-state index contributed by atoms with van der Waals surface area (Å²) >= 11 is 0. The smallest absolute Gasteiger partial charge is 0.325 e. The number of rotatable bonds is 8. The van der Waals surface area contributed by atoms with Gasteiger partial charge in [0.1, 0.15) is 6.54 Å². The Labute approximate surface area is 117 Å². The molecule has 8 heteroatoms. The van der Waals surface area contributed by atoms with Crippen LogP contribution >= 0.6 is 0 Å². The average Bonchev–Trinajstić information content (AvgIpc) is 2.81. The molecule has 0 atom stereocenters. The van der Waals surface area contributed by atoms with Crippen molar-refractivity contribution in [3.8, 4) is 0 Å². The normalized spacial score (nSPS) is 11.1. The van der Waals surface area contributed by atoms with Crippen LogP contribution < -0.4 is 5.32 Å². The molecule has 8 nitrogen and oxygen atoms in total. The summed E-state index contributed by atoms with van der Waals surface area (Å²) in [7, 11) is 2.03. The van der Waals surface area contributed by atoms with E-state index in [9.17, 15) is 9.59 Å². The predicted molar refractivity (Wildman–Crippen MR) is 72.4 cm³/mol. The van der Waals surface area contributed by atoms with Crippen LogP contribution in [0.25, 0.3) is 0 Å². The molecule has 2 N–H and O–H groups in total. The minimum absolute atomic E-state index is 0.128. The van der Waals surface area contributed by atoms with E-state index in [1.54, 1.807) is 0 Å². The highest BCUT2D eigenvalue weighted by Gasteiger charge is 2.11. The summed E-state index contributed by atoms with van der Waals surface area (Å²) in [5, 5.41) is 18.5. The molecule has 0 aliphatic heterocycles. The first-order chi connectivity index (χ1) is 9.40. The number of hydrogen-bond donors (Lipinski definition) is 2. The van der Waals surface area contributed by atoms with E-state index in [0.717, 1.165) is 17.6 Å². The number of aromatic nitrogens is 3. The first-order valence-electron chi connectivity index (χ1n) is 6.50. The SMILES string of the molecule is CC(C)N(C)CCCNC(=O)c1cn(CC(=O)O)nn1. The van der Waals surface area contributed by atoms with Crippen LogP contribution in [0.1, 0.15) is 30.8 Å². The molecular weight excluding hydrogens is 262 g/mol. The summed E-state index contributed by atoms with van der Waals surface area (Å²) in [4.78, 5) is 24.4. The summed E-state index contributed by atoms with van der Waals surface area (Å²) in [6.45, 7) is 5.35. The maximum atomic E-state index is 11.7. The molecule has 1 amide bonds. The van der Waals surface area contributed by atoms with E-state index >= 15 is 0 Å². The van der Waals surface area contributed by atoms with E-state index in [1.165, 1.54) is 6.20 Å². The zero-order chi connectivity index (χ0) is 15.1. The van der Waals surface area contributed by atoms with Crippen LogP contribution in [0.4, 0.5) is 0 Å². The number of nitrogens with zero attached hydrogens (tertiary/aromatic N) is 4. The second kappa shape index (κ2) is 7.59. The van der Waals surface area contributed by atoms with Crippen molar-refractivity contribution in [3.05, 3.63) is 11.9 Å². The van der Waals surface area contributed by atoms with Gasteiger partial charge < -0.3 is 15.3 Å². The van der Waals surface area contributed by atoms with Crippen LogP contribution in [0.3, 0.4) is 0 Å². The van der Waals surface area contributed by atoms with E-state index in [0.29, 0.717) is 12.6 Å². The predicted octanol–water partition coefficient (Wildman–Crippen LogP) is -0.177. The van der Waals surface area contributed by atoms with E-state index in [2.05, 4.69) is 34.4 Å². The Kier molecular flexibility index (Phi) is 6.10. The van der Waals surface area contributed by atoms with Crippen LogP contribution in [-0.2, 0) is 11.3 Å². The minimum atomic E-state index is -1.03. The summed E-state index contributed by atoms with van der Waals surface area (Å²) in [5.41, 5.74) is 0.128. The van der Waals surface area contributed by atoms with Crippen molar-refractivity contribution in [1.82, 2.24) is 25.2 Å². The van der Waals surface area contributed by atoms with Crippen LogP contribution in [-0.4, -0.2) is 63.1 Å². The Morgan fingerprint density at radius 1 is 1.50 bits per heavy atom. The zero-order valence-corrected chi connectivity index (χ0v) is 12.0. The molecule has 0 aliphatic carbocycles. The summed E-state index contributed by atoms with van der Waals surface area (Å²) in [6, 6.07) is 0.474. The monoisotopic (exact) mass is 283 g/mol. The summed E-state index contributed by atoms with van der Waals surface area (Å²) in [6.07, 6.45) is 2.16. The number of nitrogens with one attached hydrogen (secondary N) is 1. The van der Waals surface area contributed by atoms with Gasteiger partial charge in [0.25, 0.3) is 5.91 Å². The van der Waals surface area contributed by atoms with Crippen molar-refractivity contribution >= 4 is 11.9 Å². The number of amides is 1. The molecule has 0 bridgehead atoms. The minimum Gasteiger partial charge on any atom is -0.480 e. The molecule has 0 saturated heterocycles. The molecule has 1 aromatic heterocycles. The Hall–Kier alpha value is -1.96. The molecule has 1 heterocycles. The van der Waals surface area contributed by atoms with Crippen molar-refractivity contribution in [2.24, 2.45) is 0 Å². The zero-order valence-electron chi connectivity index (χ0n) is 12.0. The highest BCUT2D eigenvalue weighted by molar-refractivity contribution is 5.91. The molecule has 0 spiro atoms. The lowest BCUT2D eigenvalue weighted by molar-refractivity contribution is -0.137. The molecule has 0 unspecified atom stereocenters. The van der Waals surface area contributed by atoms with Gasteiger partial charge in [0, 0.05) is 12.6 Å². The number of hydrogen-bond acceptors (Lipinski definition) is 5. The average molecular weight is 283 g/mol. The van der Waals surface area contributed by atoms with Gasteiger partial charge in [-0.25, -0.2) is 4.68 Å². The lowest BCUT2D eigenvalue weighted by Gasteiger charge is -2.20. The molecule has 0 aliphatic rings. The third-order valence-corrected chi connectivity index (χ3v) is 2.92. The topological polar surface area (TPSA) is 100 Å². The number of carboxylic acid groups (broad SMARTS) is 1. The van der Waals surface area contributed by atoms with Crippen LogP contribution in [0, 0.1) is 0 Å². The lowest BCUT2D eigenvalue weighted by atomic mass is 10.3. The maximum absolute atomic E-state index is 11.7. The van der Waals surface area contributed by atoms with Gasteiger partial charge in [-0.3, -0.25) is 9.59 Å². The fraction of sp³-hybridized carbons (Fsp3) is 0.667. The van der Waals surface area contributed by atoms with Gasteiger partial charge in [-0.2, -0.15) is 0 Å². The molecule has 20 heavy (non-hydrogen) atoms. The van der Waals surface area contributed by atoms with E-state index in [-0.39, 0.29) is 18.1 Å². The van der Waals surface area contributed by atoms with Gasteiger partial charge in [0.05, 0.1) is 6.20 Å². The first-order valence-corrected chi connectivity index (χ1v) is 6.50. The van der Waals surface area contributed by atoms with Crippen molar-refractivity contribution in [2.45, 2.75) is 32.9 Å². The second-order valence-electron chi connectivity index (χ2n) is 4.88. The molecule has 0 aromatic carbocycles. The standard InChI is InChI=1S/C12H21N5O3/c1-9(2)16(3)6-4-5-13-12(20)10-7-17(15-14-10)8-11(18)19/h7,9H,4-6,8H2,1-3H3,(H,13,20)(H,18,19). The van der Waals surface area contributed by atoms with Crippen molar-refractivity contribution in [2.75, 3.05) is 20.1 Å². The van der Waals surface area contributed by atoms with Gasteiger partial charge in [0.2, 0.25) is 0 Å². The van der Waals surface area contributed by atoms with Gasteiger partial charge in [-0.1, -0.05) is 5.21 Å². The van der Waals surface area contributed by atoms with Crippen LogP contribution in [0.5, 0.6) is 0 Å². The molecule has 1 rings (SSSR count). The third kappa shape index (κ3) is 5.35. The highest BCUT2D eigenvalue weighted by Crippen LogP contribution is 1.96. The lowest BCUT2D eigenvalue weighted by Crippen LogP contribution is -2.31. The van der Waals surface area contributed by atoms with Gasteiger partial charge >= 0.3 is 5.97 Å². The maximum Gasteiger partial charge on any atom is 0.325 e. The third-order valence-electron chi connectivity index (χ3n) is 2.92. The van der Waals surface area contributed by atoms with Gasteiger partial charge in [-0.05, 0) is 33.9 Å². The number of carbonyl (C=O) groups is 2. The van der Waals surface area contributed by atoms with E-state index in [1.807, 2.05) is 7.05 Å². The quantitative estimate of drug-likeness (QED) is 0.642. The molecular formula is C12H21N5O3. The highest BCUT2D eigenvalue weighted by atomic mass is 16.4. The molecule has 0 fully saturated rings.